The highest BCUT2D eigenvalue weighted by atomic mass is 16.1. The maximum atomic E-state index is 9.98. The van der Waals surface area contributed by atoms with Crippen LogP contribution in [0.1, 0.15) is 12.6 Å². The zero-order valence-corrected chi connectivity index (χ0v) is 10.0. The maximum absolute atomic E-state index is 9.98. The number of Topliss-reactive ketones (excluding diaryl/α,β-unsaturated/α-hetero) is 1. The minimum Gasteiger partial charge on any atom is -0.359 e. The molecular weight excluding hydrogens is 200 g/mol. The van der Waals surface area contributed by atoms with Crippen molar-refractivity contribution in [3.63, 3.8) is 0 Å². The van der Waals surface area contributed by atoms with E-state index in [1.54, 1.807) is 14.0 Å². The van der Waals surface area contributed by atoms with Crippen LogP contribution >= 0.6 is 0 Å². The maximum Gasteiger partial charge on any atom is 0.143 e. The number of hydrogen-bond donors (Lipinski definition) is 2. The molecular formula is C13H18N2O. The van der Waals surface area contributed by atoms with Crippen molar-refractivity contribution in [2.24, 2.45) is 0 Å². The third-order valence-electron chi connectivity index (χ3n) is 2.09. The number of fused-ring (bicyclic) bond motifs is 1. The van der Waals surface area contributed by atoms with E-state index in [0.29, 0.717) is 6.54 Å². The van der Waals surface area contributed by atoms with Gasteiger partial charge in [-0.1, -0.05) is 18.2 Å². The number of aromatic nitrogens is 1. The largest absolute Gasteiger partial charge is 0.359 e. The first kappa shape index (κ1) is 12.5. The van der Waals surface area contributed by atoms with E-state index in [-0.39, 0.29) is 5.78 Å². The quantitative estimate of drug-likeness (QED) is 0.812. The molecule has 0 amide bonds. The highest BCUT2D eigenvalue weighted by Crippen LogP contribution is 2.12. The van der Waals surface area contributed by atoms with Crippen LogP contribution in [0.25, 0.3) is 10.9 Å². The summed E-state index contributed by atoms with van der Waals surface area (Å²) in [5, 5.41) is 4.01. The van der Waals surface area contributed by atoms with Crippen molar-refractivity contribution in [3.05, 3.63) is 36.0 Å². The Balaban J connectivity index is 0.000000187. The minimum atomic E-state index is 0.178. The van der Waals surface area contributed by atoms with Gasteiger partial charge in [-0.3, -0.25) is 4.79 Å². The minimum absolute atomic E-state index is 0.178. The van der Waals surface area contributed by atoms with Gasteiger partial charge in [-0.15, -0.1) is 0 Å². The number of carbonyl (C=O) groups excluding carboxylic acids is 1. The molecule has 0 aliphatic heterocycles. The van der Waals surface area contributed by atoms with Crippen LogP contribution in [0, 0.1) is 6.92 Å². The van der Waals surface area contributed by atoms with Crippen molar-refractivity contribution in [2.75, 3.05) is 13.6 Å². The van der Waals surface area contributed by atoms with Crippen LogP contribution in [0.4, 0.5) is 0 Å². The zero-order valence-electron chi connectivity index (χ0n) is 10.0. The summed E-state index contributed by atoms with van der Waals surface area (Å²) < 4.78 is 0. The van der Waals surface area contributed by atoms with Gasteiger partial charge in [0.15, 0.2) is 0 Å². The number of carbonyl (C=O) groups is 1. The highest BCUT2D eigenvalue weighted by molar-refractivity contribution is 5.80. The predicted molar refractivity (Wildman–Crippen MR) is 67.6 cm³/mol. The molecule has 0 unspecified atom stereocenters. The van der Waals surface area contributed by atoms with Gasteiger partial charge in [0.25, 0.3) is 0 Å². The molecule has 0 saturated carbocycles. The molecule has 0 spiro atoms. The molecule has 0 aliphatic rings. The lowest BCUT2D eigenvalue weighted by atomic mass is 10.2. The Bertz CT molecular complexity index is 427. The van der Waals surface area contributed by atoms with Crippen molar-refractivity contribution >= 4 is 16.7 Å². The van der Waals surface area contributed by atoms with Gasteiger partial charge in [0.2, 0.25) is 0 Å². The van der Waals surface area contributed by atoms with Gasteiger partial charge >= 0.3 is 0 Å². The summed E-state index contributed by atoms with van der Waals surface area (Å²) in [6, 6.07) is 10.4. The number of aromatic amines is 1. The Labute approximate surface area is 95.9 Å². The number of H-pyrrole nitrogens is 1. The molecule has 0 radical (unpaired) electrons. The fraction of sp³-hybridized carbons (Fsp3) is 0.308. The Morgan fingerprint density at radius 1 is 1.38 bits per heavy atom. The summed E-state index contributed by atoms with van der Waals surface area (Å²) in [6.45, 7) is 4.11. The molecule has 0 fully saturated rings. The molecule has 16 heavy (non-hydrogen) atoms. The van der Waals surface area contributed by atoms with Gasteiger partial charge in [-0.25, -0.2) is 0 Å². The first-order valence-electron chi connectivity index (χ1n) is 5.32. The van der Waals surface area contributed by atoms with Gasteiger partial charge in [0, 0.05) is 11.2 Å². The first-order chi connectivity index (χ1) is 7.63. The van der Waals surface area contributed by atoms with Crippen molar-refractivity contribution in [3.8, 4) is 0 Å². The Kier molecular flexibility index (Phi) is 4.73. The number of aryl methyl sites for hydroxylation is 1. The van der Waals surface area contributed by atoms with Crippen LogP contribution in [0.5, 0.6) is 0 Å². The second-order valence-corrected chi connectivity index (χ2v) is 3.77. The molecule has 1 aromatic heterocycles. The van der Waals surface area contributed by atoms with E-state index in [0.717, 1.165) is 0 Å². The molecule has 2 N–H and O–H groups in total. The van der Waals surface area contributed by atoms with E-state index in [2.05, 4.69) is 41.5 Å². The monoisotopic (exact) mass is 218 g/mol. The number of likely N-dealkylation sites (N-methyl/N-ethyl adjacent to an activating group) is 1. The fourth-order valence-corrected chi connectivity index (χ4v) is 1.47. The molecule has 2 aromatic rings. The summed E-state index contributed by atoms with van der Waals surface area (Å²) in [7, 11) is 1.75. The van der Waals surface area contributed by atoms with E-state index in [9.17, 15) is 4.79 Å². The molecule has 1 aromatic carbocycles. The van der Waals surface area contributed by atoms with Crippen LogP contribution in [0.2, 0.25) is 0 Å². The molecule has 0 atom stereocenters. The average molecular weight is 218 g/mol. The van der Waals surface area contributed by atoms with Crippen molar-refractivity contribution in [1.82, 2.24) is 10.3 Å². The van der Waals surface area contributed by atoms with Crippen molar-refractivity contribution < 1.29 is 4.79 Å². The summed E-state index contributed by atoms with van der Waals surface area (Å²) in [5.74, 6) is 0.178. The molecule has 1 heterocycles. The van der Waals surface area contributed by atoms with Crippen LogP contribution in [-0.2, 0) is 4.79 Å². The molecule has 0 aliphatic carbocycles. The van der Waals surface area contributed by atoms with E-state index < -0.39 is 0 Å². The van der Waals surface area contributed by atoms with Gasteiger partial charge < -0.3 is 10.3 Å². The summed E-state index contributed by atoms with van der Waals surface area (Å²) in [6.07, 6.45) is 0. The van der Waals surface area contributed by atoms with Crippen LogP contribution in [0.15, 0.2) is 30.3 Å². The van der Waals surface area contributed by atoms with Crippen molar-refractivity contribution in [2.45, 2.75) is 13.8 Å². The zero-order chi connectivity index (χ0) is 12.0. The molecule has 3 heteroatoms. The number of nitrogens with one attached hydrogen (secondary N) is 2. The lowest BCUT2D eigenvalue weighted by Gasteiger charge is -1.85. The van der Waals surface area contributed by atoms with Gasteiger partial charge in [0.1, 0.15) is 5.78 Å². The number of ketones is 1. The topological polar surface area (TPSA) is 44.9 Å². The Hall–Kier alpha value is -1.61. The Morgan fingerprint density at radius 3 is 2.56 bits per heavy atom. The van der Waals surface area contributed by atoms with E-state index in [1.165, 1.54) is 16.6 Å². The van der Waals surface area contributed by atoms with Gasteiger partial charge in [-0.05, 0) is 38.4 Å². The van der Waals surface area contributed by atoms with E-state index in [4.69, 9.17) is 0 Å². The number of para-hydroxylation sites is 1. The summed E-state index contributed by atoms with van der Waals surface area (Å²) >= 11 is 0. The molecule has 0 saturated heterocycles. The van der Waals surface area contributed by atoms with Crippen LogP contribution in [0.3, 0.4) is 0 Å². The predicted octanol–water partition coefficient (Wildman–Crippen LogP) is 2.27. The first-order valence-corrected chi connectivity index (χ1v) is 5.32. The second kappa shape index (κ2) is 6.08. The van der Waals surface area contributed by atoms with Crippen molar-refractivity contribution in [1.29, 1.82) is 0 Å². The molecule has 0 bridgehead atoms. The van der Waals surface area contributed by atoms with Crippen LogP contribution < -0.4 is 5.32 Å². The highest BCUT2D eigenvalue weighted by Gasteiger charge is 1.92. The Morgan fingerprint density at radius 2 is 2.06 bits per heavy atom. The third kappa shape index (κ3) is 3.87. The smallest absolute Gasteiger partial charge is 0.143 e. The molecule has 3 nitrogen and oxygen atoms in total. The lowest BCUT2D eigenvalue weighted by molar-refractivity contribution is -0.116. The van der Waals surface area contributed by atoms with Crippen LogP contribution in [-0.4, -0.2) is 24.4 Å². The standard InChI is InChI=1S/C9H9N.C4H9NO/c1-7-6-8-4-2-3-5-9(8)10-7;1-4(6)3-5-2/h2-6,10H,1H3;5H,3H2,1-2H3. The van der Waals surface area contributed by atoms with Gasteiger partial charge in [-0.2, -0.15) is 0 Å². The van der Waals surface area contributed by atoms with E-state index in [1.807, 2.05) is 6.07 Å². The number of rotatable bonds is 2. The summed E-state index contributed by atoms with van der Waals surface area (Å²) in [5.41, 5.74) is 2.45. The SMILES string of the molecule is CNCC(C)=O.Cc1cc2ccccc2[nH]1. The lowest BCUT2D eigenvalue weighted by Crippen LogP contribution is -2.14. The normalized spacial score (nSPS) is 9.69. The molecule has 86 valence electrons. The summed E-state index contributed by atoms with van der Waals surface area (Å²) in [4.78, 5) is 13.2. The average Bonchev–Trinajstić information content (AvgIpc) is 2.58. The second-order valence-electron chi connectivity index (χ2n) is 3.77. The number of benzene rings is 1. The molecule has 2 rings (SSSR count). The third-order valence-corrected chi connectivity index (χ3v) is 2.09. The fourth-order valence-electron chi connectivity index (χ4n) is 1.47. The van der Waals surface area contributed by atoms with E-state index >= 15 is 0 Å². The number of hydrogen-bond acceptors (Lipinski definition) is 2. The van der Waals surface area contributed by atoms with Gasteiger partial charge in [0.05, 0.1) is 6.54 Å².